The van der Waals surface area contributed by atoms with Gasteiger partial charge in [-0.3, -0.25) is 9.59 Å². The molecule has 0 aromatic heterocycles. The molecule has 208 valence electrons. The molecule has 2 atom stereocenters. The van der Waals surface area contributed by atoms with Crippen LogP contribution >= 0.6 is 0 Å². The SMILES string of the molecule is CCCCCCCCCC(C)CCCCCCCCCCCC(=O)OC(CC(=O)O)C[N+](C)(C)C. The van der Waals surface area contributed by atoms with Crippen LogP contribution in [0.4, 0.5) is 0 Å². The third-order valence-electron chi connectivity index (χ3n) is 6.83. The standard InChI is InChI=1S/C30H59NO4/c1-6-7-8-9-13-16-19-22-27(2)23-20-17-14-11-10-12-15-18-21-24-30(34)35-28(25-29(32)33)26-31(3,4)5/h27-28H,6-26H2,1-5H3/p+1. The molecule has 35 heavy (non-hydrogen) atoms. The topological polar surface area (TPSA) is 63.6 Å². The van der Waals surface area contributed by atoms with Crippen LogP contribution in [0, 0.1) is 5.92 Å². The molecule has 0 saturated carbocycles. The molecule has 2 unspecified atom stereocenters. The van der Waals surface area contributed by atoms with Crippen LogP contribution in [0.25, 0.3) is 0 Å². The molecule has 0 aliphatic rings. The van der Waals surface area contributed by atoms with Crippen molar-refractivity contribution < 1.29 is 23.9 Å². The molecule has 0 aromatic rings. The second-order valence-electron chi connectivity index (χ2n) is 11.9. The first-order chi connectivity index (χ1) is 16.6. The summed E-state index contributed by atoms with van der Waals surface area (Å²) in [5, 5.41) is 9.05. The average molecular weight is 499 g/mol. The van der Waals surface area contributed by atoms with Gasteiger partial charge >= 0.3 is 11.9 Å². The van der Waals surface area contributed by atoms with Gasteiger partial charge in [0.05, 0.1) is 27.6 Å². The van der Waals surface area contributed by atoms with Crippen LogP contribution in [0.3, 0.4) is 0 Å². The Morgan fingerprint density at radius 3 is 1.57 bits per heavy atom. The molecule has 0 radical (unpaired) electrons. The lowest BCUT2D eigenvalue weighted by atomic mass is 9.96. The van der Waals surface area contributed by atoms with Gasteiger partial charge in [0.1, 0.15) is 6.54 Å². The van der Waals surface area contributed by atoms with Gasteiger partial charge in [-0.1, -0.05) is 123 Å². The van der Waals surface area contributed by atoms with Gasteiger partial charge < -0.3 is 14.3 Å². The molecule has 1 N–H and O–H groups in total. The van der Waals surface area contributed by atoms with Gasteiger partial charge in [-0.2, -0.15) is 0 Å². The summed E-state index contributed by atoms with van der Waals surface area (Å²) in [5.74, 6) is -0.288. The molecule has 0 spiro atoms. The summed E-state index contributed by atoms with van der Waals surface area (Å²) in [6.07, 6.45) is 23.4. The number of rotatable bonds is 25. The maximum absolute atomic E-state index is 12.1. The van der Waals surface area contributed by atoms with E-state index in [2.05, 4.69) is 13.8 Å². The highest BCUT2D eigenvalue weighted by Crippen LogP contribution is 2.19. The van der Waals surface area contributed by atoms with Crippen molar-refractivity contribution in [1.29, 1.82) is 0 Å². The van der Waals surface area contributed by atoms with E-state index in [4.69, 9.17) is 9.84 Å². The Bertz CT molecular complexity index is 515. The quantitative estimate of drug-likeness (QED) is 0.0783. The maximum atomic E-state index is 12.1. The molecule has 0 amide bonds. The fourth-order valence-corrected chi connectivity index (χ4v) is 4.79. The van der Waals surface area contributed by atoms with Gasteiger partial charge in [0, 0.05) is 6.42 Å². The zero-order valence-electron chi connectivity index (χ0n) is 24.1. The molecule has 0 aliphatic heterocycles. The number of hydrogen-bond donors (Lipinski definition) is 1. The van der Waals surface area contributed by atoms with Gasteiger partial charge in [0.15, 0.2) is 6.10 Å². The summed E-state index contributed by atoms with van der Waals surface area (Å²) in [4.78, 5) is 23.1. The summed E-state index contributed by atoms with van der Waals surface area (Å²) >= 11 is 0. The molecule has 5 nitrogen and oxygen atoms in total. The van der Waals surface area contributed by atoms with Gasteiger partial charge in [0.2, 0.25) is 0 Å². The van der Waals surface area contributed by atoms with E-state index in [1.807, 2.05) is 21.1 Å². The zero-order valence-corrected chi connectivity index (χ0v) is 24.1. The molecular weight excluding hydrogens is 438 g/mol. The minimum atomic E-state index is -0.922. The van der Waals surface area contributed by atoms with E-state index in [9.17, 15) is 9.59 Å². The number of carbonyl (C=O) groups excluding carboxylic acids is 1. The van der Waals surface area contributed by atoms with Crippen molar-refractivity contribution in [3.63, 3.8) is 0 Å². The van der Waals surface area contributed by atoms with E-state index < -0.39 is 12.1 Å². The Morgan fingerprint density at radius 1 is 0.714 bits per heavy atom. The summed E-state index contributed by atoms with van der Waals surface area (Å²) in [6, 6.07) is 0. The third kappa shape index (κ3) is 25.8. The second kappa shape index (κ2) is 22.1. The minimum absolute atomic E-state index is 0.126. The number of hydrogen-bond acceptors (Lipinski definition) is 3. The van der Waals surface area contributed by atoms with E-state index in [0.717, 1.165) is 18.8 Å². The third-order valence-corrected chi connectivity index (χ3v) is 6.83. The smallest absolute Gasteiger partial charge is 0.307 e. The Balaban J connectivity index is 3.55. The van der Waals surface area contributed by atoms with Crippen LogP contribution in [0.5, 0.6) is 0 Å². The molecule has 0 heterocycles. The number of unbranched alkanes of at least 4 members (excludes halogenated alkanes) is 14. The lowest BCUT2D eigenvalue weighted by Gasteiger charge is -2.28. The van der Waals surface area contributed by atoms with Crippen molar-refractivity contribution in [3.05, 3.63) is 0 Å². The Morgan fingerprint density at radius 2 is 1.14 bits per heavy atom. The van der Waals surface area contributed by atoms with Gasteiger partial charge in [-0.25, -0.2) is 0 Å². The fourth-order valence-electron chi connectivity index (χ4n) is 4.79. The normalized spacial score (nSPS) is 13.5. The molecule has 0 aromatic carbocycles. The van der Waals surface area contributed by atoms with Crippen molar-refractivity contribution in [2.24, 2.45) is 5.92 Å². The van der Waals surface area contributed by atoms with E-state index in [-0.39, 0.29) is 12.4 Å². The Labute approximate surface area is 218 Å². The van der Waals surface area contributed by atoms with Crippen LogP contribution in [-0.4, -0.2) is 55.3 Å². The lowest BCUT2D eigenvalue weighted by molar-refractivity contribution is -0.873. The van der Waals surface area contributed by atoms with E-state index in [0.29, 0.717) is 17.4 Å². The number of aliphatic carboxylic acids is 1. The van der Waals surface area contributed by atoms with Crippen molar-refractivity contribution in [2.75, 3.05) is 27.7 Å². The first-order valence-corrected chi connectivity index (χ1v) is 14.9. The molecular formula is C30H60NO4+. The number of carboxylic acid groups (broad SMARTS) is 1. The summed E-state index contributed by atoms with van der Waals surface area (Å²) in [5.41, 5.74) is 0. The highest BCUT2D eigenvalue weighted by atomic mass is 16.5. The maximum Gasteiger partial charge on any atom is 0.307 e. The van der Waals surface area contributed by atoms with Gasteiger partial charge in [0.25, 0.3) is 0 Å². The first-order valence-electron chi connectivity index (χ1n) is 14.9. The second-order valence-corrected chi connectivity index (χ2v) is 11.9. The fraction of sp³-hybridized carbons (Fsp3) is 0.933. The average Bonchev–Trinajstić information content (AvgIpc) is 2.75. The van der Waals surface area contributed by atoms with E-state index in [1.165, 1.54) is 103 Å². The Kier molecular flexibility index (Phi) is 21.4. The van der Waals surface area contributed by atoms with E-state index in [1.54, 1.807) is 0 Å². The molecule has 0 aliphatic carbocycles. The van der Waals surface area contributed by atoms with Crippen molar-refractivity contribution in [3.8, 4) is 0 Å². The van der Waals surface area contributed by atoms with Gasteiger partial charge in [-0.05, 0) is 12.3 Å². The van der Waals surface area contributed by atoms with Crippen LogP contribution < -0.4 is 0 Å². The summed E-state index contributed by atoms with van der Waals surface area (Å²) in [7, 11) is 5.92. The number of quaternary nitrogens is 1. The summed E-state index contributed by atoms with van der Waals surface area (Å²) in [6.45, 7) is 5.22. The minimum Gasteiger partial charge on any atom is -0.481 e. The predicted molar refractivity (Wildman–Crippen MR) is 148 cm³/mol. The number of carbonyl (C=O) groups is 2. The molecule has 0 rings (SSSR count). The van der Waals surface area contributed by atoms with E-state index >= 15 is 0 Å². The number of ether oxygens (including phenoxy) is 1. The molecule has 0 fully saturated rings. The number of likely N-dealkylation sites (N-methyl/N-ethyl adjacent to an activating group) is 1. The van der Waals surface area contributed by atoms with Crippen molar-refractivity contribution in [2.45, 2.75) is 148 Å². The van der Waals surface area contributed by atoms with Crippen molar-refractivity contribution >= 4 is 11.9 Å². The van der Waals surface area contributed by atoms with Crippen molar-refractivity contribution in [1.82, 2.24) is 0 Å². The number of carboxylic acids is 1. The lowest BCUT2D eigenvalue weighted by Crippen LogP contribution is -2.43. The Hall–Kier alpha value is -1.10. The monoisotopic (exact) mass is 498 g/mol. The zero-order chi connectivity index (χ0) is 26.4. The number of esters is 1. The largest absolute Gasteiger partial charge is 0.481 e. The first kappa shape index (κ1) is 33.9. The molecule has 0 bridgehead atoms. The summed E-state index contributed by atoms with van der Waals surface area (Å²) < 4.78 is 6.02. The number of nitrogens with zero attached hydrogens (tertiary/aromatic N) is 1. The molecule has 0 saturated heterocycles. The predicted octanol–water partition coefficient (Wildman–Crippen LogP) is 8.15. The molecule has 5 heteroatoms. The van der Waals surface area contributed by atoms with Crippen LogP contribution in [0.1, 0.15) is 142 Å². The van der Waals surface area contributed by atoms with Crippen LogP contribution in [0.2, 0.25) is 0 Å². The van der Waals surface area contributed by atoms with Gasteiger partial charge in [-0.15, -0.1) is 0 Å². The highest BCUT2D eigenvalue weighted by molar-refractivity contribution is 5.71. The highest BCUT2D eigenvalue weighted by Gasteiger charge is 2.24. The van der Waals surface area contributed by atoms with Crippen LogP contribution in [-0.2, 0) is 14.3 Å². The van der Waals surface area contributed by atoms with Crippen LogP contribution in [0.15, 0.2) is 0 Å².